The van der Waals surface area contributed by atoms with Crippen molar-refractivity contribution >= 4 is 11.9 Å². The molecule has 0 N–H and O–H groups in total. The van der Waals surface area contributed by atoms with Gasteiger partial charge in [0.1, 0.15) is 0 Å². The molecule has 23 heavy (non-hydrogen) atoms. The number of fused-ring (bicyclic) bond motifs is 1. The second-order valence-electron chi connectivity index (χ2n) is 6.84. The molecule has 6 nitrogen and oxygen atoms in total. The third kappa shape index (κ3) is 3.29. The number of halogens is 1. The van der Waals surface area contributed by atoms with Crippen molar-refractivity contribution in [2.75, 3.05) is 38.6 Å². The zero-order chi connectivity index (χ0) is 16.6. The lowest BCUT2D eigenvalue weighted by molar-refractivity contribution is -0.132. The maximum Gasteiger partial charge on any atom is 0.225 e. The number of nitrogens with zero attached hydrogens (tertiary/aromatic N) is 5. The number of likely N-dealkylation sites (N-methyl/N-ethyl adjacent to an activating group) is 1. The lowest BCUT2D eigenvalue weighted by Gasteiger charge is -2.38. The molecule has 0 saturated carbocycles. The van der Waals surface area contributed by atoms with E-state index < -0.39 is 5.82 Å². The molecule has 0 aromatic carbocycles. The summed E-state index contributed by atoms with van der Waals surface area (Å²) in [6.45, 7) is 4.18. The molecule has 2 saturated heterocycles. The van der Waals surface area contributed by atoms with Crippen LogP contribution < -0.4 is 4.90 Å². The van der Waals surface area contributed by atoms with Crippen LogP contribution in [0.15, 0.2) is 12.4 Å². The van der Waals surface area contributed by atoms with E-state index in [1.165, 1.54) is 12.4 Å². The molecule has 1 amide bonds. The molecule has 7 heteroatoms. The predicted molar refractivity (Wildman–Crippen MR) is 85.6 cm³/mol. The van der Waals surface area contributed by atoms with Gasteiger partial charge >= 0.3 is 0 Å². The van der Waals surface area contributed by atoms with Crippen LogP contribution in [0.25, 0.3) is 0 Å². The normalized spacial score (nSPS) is 27.4. The Labute approximate surface area is 136 Å². The van der Waals surface area contributed by atoms with Gasteiger partial charge < -0.3 is 14.7 Å². The van der Waals surface area contributed by atoms with Crippen LogP contribution in [-0.2, 0) is 4.79 Å². The van der Waals surface area contributed by atoms with Crippen LogP contribution in [0, 0.1) is 11.7 Å². The largest absolute Gasteiger partial charge is 0.340 e. The SMILES string of the molecule is CC(=O)N1[C@H](CN(C)C)C[C@@H]2CN(c3ncc(F)cn3)CC[C@@H]21. The van der Waals surface area contributed by atoms with Gasteiger partial charge in [-0.05, 0) is 32.9 Å². The monoisotopic (exact) mass is 321 g/mol. The second-order valence-corrected chi connectivity index (χ2v) is 6.84. The van der Waals surface area contributed by atoms with Crippen molar-refractivity contribution in [3.63, 3.8) is 0 Å². The van der Waals surface area contributed by atoms with Crippen molar-refractivity contribution in [2.24, 2.45) is 5.92 Å². The van der Waals surface area contributed by atoms with Crippen LogP contribution in [0.4, 0.5) is 10.3 Å². The zero-order valence-electron chi connectivity index (χ0n) is 13.9. The van der Waals surface area contributed by atoms with Gasteiger partial charge in [0.2, 0.25) is 11.9 Å². The Kier molecular flexibility index (Phi) is 4.48. The first-order valence-corrected chi connectivity index (χ1v) is 8.12. The van der Waals surface area contributed by atoms with Gasteiger partial charge in [-0.25, -0.2) is 14.4 Å². The van der Waals surface area contributed by atoms with E-state index in [1.54, 1.807) is 6.92 Å². The van der Waals surface area contributed by atoms with Crippen molar-refractivity contribution in [1.82, 2.24) is 19.8 Å². The third-order valence-corrected chi connectivity index (χ3v) is 4.85. The molecule has 126 valence electrons. The molecule has 3 atom stereocenters. The Morgan fingerprint density at radius 2 is 2.09 bits per heavy atom. The minimum Gasteiger partial charge on any atom is -0.340 e. The maximum absolute atomic E-state index is 13.0. The van der Waals surface area contributed by atoms with Gasteiger partial charge in [-0.3, -0.25) is 4.79 Å². The lowest BCUT2D eigenvalue weighted by Crippen LogP contribution is -2.50. The zero-order valence-corrected chi connectivity index (χ0v) is 13.9. The first-order valence-electron chi connectivity index (χ1n) is 8.12. The third-order valence-electron chi connectivity index (χ3n) is 4.85. The van der Waals surface area contributed by atoms with E-state index in [0.717, 1.165) is 32.5 Å². The smallest absolute Gasteiger partial charge is 0.225 e. The Hall–Kier alpha value is -1.76. The highest BCUT2D eigenvalue weighted by Crippen LogP contribution is 2.36. The number of piperidine rings is 1. The minimum absolute atomic E-state index is 0.163. The molecule has 3 rings (SSSR count). The summed E-state index contributed by atoms with van der Waals surface area (Å²) in [6, 6.07) is 0.570. The highest BCUT2D eigenvalue weighted by Gasteiger charge is 2.45. The van der Waals surface area contributed by atoms with E-state index in [4.69, 9.17) is 0 Å². The molecular weight excluding hydrogens is 297 g/mol. The fraction of sp³-hybridized carbons (Fsp3) is 0.688. The van der Waals surface area contributed by atoms with E-state index in [1.807, 2.05) is 14.1 Å². The van der Waals surface area contributed by atoms with Crippen LogP contribution in [-0.4, -0.2) is 71.5 Å². The second kappa shape index (κ2) is 6.39. The number of amides is 1. The predicted octanol–water partition coefficient (Wildman–Crippen LogP) is 0.993. The minimum atomic E-state index is -0.418. The highest BCUT2D eigenvalue weighted by molar-refractivity contribution is 5.74. The van der Waals surface area contributed by atoms with Gasteiger partial charge in [0, 0.05) is 38.6 Å². The van der Waals surface area contributed by atoms with Gasteiger partial charge in [-0.15, -0.1) is 0 Å². The van der Waals surface area contributed by atoms with Crippen LogP contribution in [0.3, 0.4) is 0 Å². The van der Waals surface area contributed by atoms with Crippen molar-refractivity contribution in [1.29, 1.82) is 0 Å². The van der Waals surface area contributed by atoms with E-state index in [0.29, 0.717) is 17.9 Å². The Morgan fingerprint density at radius 1 is 1.39 bits per heavy atom. The number of likely N-dealkylation sites (tertiary alicyclic amines) is 1. The fourth-order valence-electron chi connectivity index (χ4n) is 4.08. The summed E-state index contributed by atoms with van der Waals surface area (Å²) in [6.07, 6.45) is 4.33. The summed E-state index contributed by atoms with van der Waals surface area (Å²) in [5.74, 6) is 0.746. The van der Waals surface area contributed by atoms with Crippen LogP contribution in [0.2, 0.25) is 0 Å². The topological polar surface area (TPSA) is 52.6 Å². The average Bonchev–Trinajstić information content (AvgIpc) is 2.84. The standard InChI is InChI=1S/C16H24FN5O/c1-11(23)22-14(10-20(2)3)6-12-9-21(5-4-15(12)22)16-18-7-13(17)8-19-16/h7-8,12,14-15H,4-6,9-10H2,1-3H3/t12-,14+,15+/m1/s1. The van der Waals surface area contributed by atoms with Crippen LogP contribution in [0.5, 0.6) is 0 Å². The molecule has 3 heterocycles. The van der Waals surface area contributed by atoms with Crippen molar-refractivity contribution in [2.45, 2.75) is 31.8 Å². The number of carbonyl (C=O) groups is 1. The average molecular weight is 321 g/mol. The van der Waals surface area contributed by atoms with E-state index in [2.05, 4.69) is 24.7 Å². The molecular formula is C16H24FN5O. The molecule has 0 bridgehead atoms. The first kappa shape index (κ1) is 16.1. The van der Waals surface area contributed by atoms with Gasteiger partial charge in [0.05, 0.1) is 12.4 Å². The van der Waals surface area contributed by atoms with E-state index in [9.17, 15) is 9.18 Å². The van der Waals surface area contributed by atoms with Crippen LogP contribution >= 0.6 is 0 Å². The number of carbonyl (C=O) groups excluding carboxylic acids is 1. The molecule has 1 aromatic rings. The molecule has 0 aliphatic carbocycles. The maximum atomic E-state index is 13.0. The molecule has 2 aliphatic rings. The number of aromatic nitrogens is 2. The molecule has 1 aromatic heterocycles. The number of hydrogen-bond acceptors (Lipinski definition) is 5. The van der Waals surface area contributed by atoms with Crippen molar-refractivity contribution in [3.8, 4) is 0 Å². The quantitative estimate of drug-likeness (QED) is 0.831. The summed E-state index contributed by atoms with van der Waals surface area (Å²) in [5.41, 5.74) is 0. The van der Waals surface area contributed by atoms with Crippen molar-refractivity contribution < 1.29 is 9.18 Å². The number of anilines is 1. The van der Waals surface area contributed by atoms with Gasteiger partial charge in [-0.2, -0.15) is 0 Å². The molecule has 2 fully saturated rings. The lowest BCUT2D eigenvalue weighted by atomic mass is 9.92. The summed E-state index contributed by atoms with van der Waals surface area (Å²) in [4.78, 5) is 26.6. The highest BCUT2D eigenvalue weighted by atomic mass is 19.1. The first-order chi connectivity index (χ1) is 11.0. The molecule has 0 unspecified atom stereocenters. The van der Waals surface area contributed by atoms with Gasteiger partial charge in [0.25, 0.3) is 0 Å². The summed E-state index contributed by atoms with van der Waals surface area (Å²) in [7, 11) is 4.08. The Balaban J connectivity index is 1.73. The summed E-state index contributed by atoms with van der Waals surface area (Å²) < 4.78 is 13.0. The summed E-state index contributed by atoms with van der Waals surface area (Å²) >= 11 is 0. The number of rotatable bonds is 3. The molecule has 2 aliphatic heterocycles. The van der Waals surface area contributed by atoms with Gasteiger partial charge in [0.15, 0.2) is 5.82 Å². The number of hydrogen-bond donors (Lipinski definition) is 0. The van der Waals surface area contributed by atoms with Crippen LogP contribution in [0.1, 0.15) is 19.8 Å². The molecule has 0 radical (unpaired) electrons. The summed E-state index contributed by atoms with van der Waals surface area (Å²) in [5, 5.41) is 0. The Morgan fingerprint density at radius 3 is 2.70 bits per heavy atom. The molecule has 0 spiro atoms. The van der Waals surface area contributed by atoms with E-state index >= 15 is 0 Å². The van der Waals surface area contributed by atoms with Gasteiger partial charge in [-0.1, -0.05) is 0 Å². The Bertz CT molecular complexity index is 564. The van der Waals surface area contributed by atoms with Crippen molar-refractivity contribution in [3.05, 3.63) is 18.2 Å². The fourth-order valence-corrected chi connectivity index (χ4v) is 4.08. The van der Waals surface area contributed by atoms with E-state index in [-0.39, 0.29) is 11.9 Å².